The Balaban J connectivity index is 1.83. The van der Waals surface area contributed by atoms with Crippen LogP contribution in [-0.2, 0) is 0 Å². The number of benzene rings is 2. The molecule has 1 heterocycles. The van der Waals surface area contributed by atoms with E-state index in [1.807, 2.05) is 31.2 Å². The molecule has 7 heteroatoms. The zero-order chi connectivity index (χ0) is 18.5. The third kappa shape index (κ3) is 4.15. The third-order valence-electron chi connectivity index (χ3n) is 3.70. The number of methoxy groups -OCH3 is 2. The normalized spacial score (nSPS) is 10.3. The van der Waals surface area contributed by atoms with Crippen LogP contribution in [0.25, 0.3) is 0 Å². The minimum atomic E-state index is 0.421. The fraction of sp³-hybridized carbons (Fsp3) is 0.158. The minimum Gasteiger partial charge on any atom is -0.495 e. The van der Waals surface area contributed by atoms with Crippen LogP contribution in [0.15, 0.2) is 48.7 Å². The highest BCUT2D eigenvalue weighted by atomic mass is 35.5. The summed E-state index contributed by atoms with van der Waals surface area (Å²) in [5.41, 5.74) is 2.80. The van der Waals surface area contributed by atoms with Crippen LogP contribution in [0.1, 0.15) is 5.56 Å². The zero-order valence-corrected chi connectivity index (χ0v) is 15.5. The maximum atomic E-state index is 6.14. The highest BCUT2D eigenvalue weighted by Crippen LogP contribution is 2.36. The molecule has 134 valence electrons. The predicted octanol–water partition coefficient (Wildman–Crippen LogP) is 4.94. The van der Waals surface area contributed by atoms with E-state index in [4.69, 9.17) is 21.1 Å². The Bertz CT molecular complexity index is 901. The van der Waals surface area contributed by atoms with Crippen LogP contribution in [0.5, 0.6) is 11.5 Å². The molecule has 0 spiro atoms. The number of halogens is 1. The van der Waals surface area contributed by atoms with Crippen molar-refractivity contribution < 1.29 is 9.47 Å². The Labute approximate surface area is 157 Å². The second kappa shape index (κ2) is 7.93. The van der Waals surface area contributed by atoms with Crippen LogP contribution in [0.2, 0.25) is 5.02 Å². The molecule has 0 saturated heterocycles. The number of nitrogens with zero attached hydrogens (tertiary/aromatic N) is 2. The molecule has 0 aliphatic rings. The van der Waals surface area contributed by atoms with E-state index in [2.05, 4.69) is 20.6 Å². The third-order valence-corrected chi connectivity index (χ3v) is 4.00. The summed E-state index contributed by atoms with van der Waals surface area (Å²) in [5.74, 6) is 2.19. The van der Waals surface area contributed by atoms with E-state index in [9.17, 15) is 0 Å². The summed E-state index contributed by atoms with van der Waals surface area (Å²) in [4.78, 5) is 8.73. The van der Waals surface area contributed by atoms with Crippen molar-refractivity contribution in [2.24, 2.45) is 0 Å². The summed E-state index contributed by atoms with van der Waals surface area (Å²) in [5, 5.41) is 6.85. The molecule has 2 aromatic carbocycles. The lowest BCUT2D eigenvalue weighted by Gasteiger charge is -2.13. The van der Waals surface area contributed by atoms with Crippen LogP contribution >= 0.6 is 11.6 Å². The quantitative estimate of drug-likeness (QED) is 0.640. The average molecular weight is 371 g/mol. The van der Waals surface area contributed by atoms with Crippen LogP contribution in [0.4, 0.5) is 23.1 Å². The second-order valence-electron chi connectivity index (χ2n) is 5.57. The molecule has 0 amide bonds. The van der Waals surface area contributed by atoms with E-state index < -0.39 is 0 Å². The number of hydrogen-bond donors (Lipinski definition) is 2. The Morgan fingerprint density at radius 1 is 0.923 bits per heavy atom. The number of aryl methyl sites for hydroxylation is 1. The lowest BCUT2D eigenvalue weighted by molar-refractivity contribution is 0.405. The summed E-state index contributed by atoms with van der Waals surface area (Å²) < 4.78 is 10.6. The van der Waals surface area contributed by atoms with E-state index >= 15 is 0 Å². The maximum absolute atomic E-state index is 6.14. The summed E-state index contributed by atoms with van der Waals surface area (Å²) in [6.45, 7) is 2.05. The first kappa shape index (κ1) is 17.8. The molecule has 26 heavy (non-hydrogen) atoms. The van der Waals surface area contributed by atoms with Gasteiger partial charge in [-0.3, -0.25) is 0 Å². The first-order valence-corrected chi connectivity index (χ1v) is 8.32. The van der Waals surface area contributed by atoms with Crippen molar-refractivity contribution in [3.8, 4) is 11.5 Å². The fourth-order valence-electron chi connectivity index (χ4n) is 2.35. The van der Waals surface area contributed by atoms with Gasteiger partial charge in [0.15, 0.2) is 0 Å². The molecule has 0 radical (unpaired) electrons. The van der Waals surface area contributed by atoms with Crippen molar-refractivity contribution in [3.05, 3.63) is 59.2 Å². The van der Waals surface area contributed by atoms with E-state index in [-0.39, 0.29) is 0 Å². The molecule has 2 N–H and O–H groups in total. The number of ether oxygens (including phenoxy) is 2. The van der Waals surface area contributed by atoms with Crippen LogP contribution in [0.3, 0.4) is 0 Å². The lowest BCUT2D eigenvalue weighted by atomic mass is 10.2. The van der Waals surface area contributed by atoms with Gasteiger partial charge in [-0.15, -0.1) is 0 Å². The standard InChI is InChI=1S/C19H19ClN4O2/c1-12-4-6-13(7-5-12)22-18-8-9-21-19(24-18)23-15-11-16(25-2)14(20)10-17(15)26-3/h4-11H,1-3H3,(H2,21,22,23,24). The topological polar surface area (TPSA) is 68.3 Å². The van der Waals surface area contributed by atoms with Crippen molar-refractivity contribution >= 4 is 34.7 Å². The van der Waals surface area contributed by atoms with Crippen molar-refractivity contribution in [2.45, 2.75) is 6.92 Å². The molecule has 3 aromatic rings. The number of nitrogens with one attached hydrogen (secondary N) is 2. The highest BCUT2D eigenvalue weighted by Gasteiger charge is 2.11. The number of rotatable bonds is 6. The SMILES string of the molecule is COc1cc(Nc2nccc(Nc3ccc(C)cc3)n2)c(OC)cc1Cl. The number of aromatic nitrogens is 2. The first-order chi connectivity index (χ1) is 12.6. The monoisotopic (exact) mass is 370 g/mol. The van der Waals surface area contributed by atoms with Gasteiger partial charge in [0.2, 0.25) is 5.95 Å². The van der Waals surface area contributed by atoms with Crippen molar-refractivity contribution in [2.75, 3.05) is 24.9 Å². The van der Waals surface area contributed by atoms with Gasteiger partial charge < -0.3 is 20.1 Å². The maximum Gasteiger partial charge on any atom is 0.229 e. The van der Waals surface area contributed by atoms with E-state index in [0.717, 1.165) is 5.69 Å². The molecule has 0 aliphatic carbocycles. The molecule has 0 aliphatic heterocycles. The van der Waals surface area contributed by atoms with Crippen molar-refractivity contribution in [1.29, 1.82) is 0 Å². The first-order valence-electron chi connectivity index (χ1n) is 7.94. The van der Waals surface area contributed by atoms with Gasteiger partial charge in [-0.25, -0.2) is 4.98 Å². The minimum absolute atomic E-state index is 0.421. The van der Waals surface area contributed by atoms with Crippen LogP contribution in [0, 0.1) is 6.92 Å². The fourth-order valence-corrected chi connectivity index (χ4v) is 2.58. The van der Waals surface area contributed by atoms with Crippen LogP contribution in [-0.4, -0.2) is 24.2 Å². The molecule has 0 unspecified atom stereocenters. The second-order valence-corrected chi connectivity index (χ2v) is 5.98. The van der Waals surface area contributed by atoms with Gasteiger partial charge in [-0.1, -0.05) is 29.3 Å². The van der Waals surface area contributed by atoms with Gasteiger partial charge in [-0.2, -0.15) is 4.98 Å². The lowest BCUT2D eigenvalue weighted by Crippen LogP contribution is -2.02. The summed E-state index contributed by atoms with van der Waals surface area (Å²) in [7, 11) is 3.12. The van der Waals surface area contributed by atoms with Crippen molar-refractivity contribution in [1.82, 2.24) is 9.97 Å². The van der Waals surface area contributed by atoms with Gasteiger partial charge in [-0.05, 0) is 25.1 Å². The summed E-state index contributed by atoms with van der Waals surface area (Å²) in [6.07, 6.45) is 1.67. The Kier molecular flexibility index (Phi) is 5.43. The Morgan fingerprint density at radius 2 is 1.65 bits per heavy atom. The molecule has 0 fully saturated rings. The molecule has 0 saturated carbocycles. The highest BCUT2D eigenvalue weighted by molar-refractivity contribution is 6.32. The molecular weight excluding hydrogens is 352 g/mol. The number of anilines is 4. The molecular formula is C19H19ClN4O2. The van der Waals surface area contributed by atoms with Gasteiger partial charge in [0, 0.05) is 24.0 Å². The van der Waals surface area contributed by atoms with Gasteiger partial charge >= 0.3 is 0 Å². The van der Waals surface area contributed by atoms with Crippen molar-refractivity contribution in [3.63, 3.8) is 0 Å². The molecule has 3 rings (SSSR count). The summed E-state index contributed by atoms with van der Waals surface area (Å²) in [6, 6.07) is 13.3. The van der Waals surface area contributed by atoms with Gasteiger partial charge in [0.05, 0.1) is 24.9 Å². The zero-order valence-electron chi connectivity index (χ0n) is 14.7. The number of hydrogen-bond acceptors (Lipinski definition) is 6. The average Bonchev–Trinajstić information content (AvgIpc) is 2.65. The van der Waals surface area contributed by atoms with Crippen LogP contribution < -0.4 is 20.1 Å². The molecule has 1 aromatic heterocycles. The van der Waals surface area contributed by atoms with E-state index in [1.165, 1.54) is 5.56 Å². The van der Waals surface area contributed by atoms with E-state index in [1.54, 1.807) is 38.6 Å². The summed E-state index contributed by atoms with van der Waals surface area (Å²) >= 11 is 6.14. The smallest absolute Gasteiger partial charge is 0.229 e. The molecule has 0 atom stereocenters. The molecule has 0 bridgehead atoms. The largest absolute Gasteiger partial charge is 0.495 e. The Morgan fingerprint density at radius 3 is 2.35 bits per heavy atom. The Hall–Kier alpha value is -2.99. The van der Waals surface area contributed by atoms with E-state index in [0.29, 0.717) is 34.0 Å². The van der Waals surface area contributed by atoms with Gasteiger partial charge in [0.1, 0.15) is 17.3 Å². The van der Waals surface area contributed by atoms with Gasteiger partial charge in [0.25, 0.3) is 0 Å². The predicted molar refractivity (Wildman–Crippen MR) is 104 cm³/mol. The molecule has 6 nitrogen and oxygen atoms in total.